The molecule has 1 atom stereocenters. The molecule has 0 heterocycles. The SMILES string of the molecule is COC(CC(F)(F)C(F)(F)C(F)(F)C(F)(F)C(F)(F)C(F)(F)C(F)(F)C(F)(F)F)c1ccccc1N(C)C. The van der Waals surface area contributed by atoms with E-state index in [2.05, 4.69) is 4.74 Å². The molecule has 0 amide bonds. The normalized spacial score (nSPS) is 16.0. The van der Waals surface area contributed by atoms with Crippen molar-refractivity contribution >= 4 is 5.69 Å². The zero-order chi connectivity index (χ0) is 30.6. The molecule has 38 heavy (non-hydrogen) atoms. The Kier molecular flexibility index (Phi) is 8.69. The number of hydrogen-bond donors (Lipinski definition) is 0. The van der Waals surface area contributed by atoms with Crippen molar-refractivity contribution < 1.29 is 79.4 Å². The van der Waals surface area contributed by atoms with Crippen molar-refractivity contribution in [1.82, 2.24) is 0 Å². The molecular formula is C19H16F17NO. The van der Waals surface area contributed by atoms with Gasteiger partial charge in [0, 0.05) is 38.9 Å². The third-order valence-electron chi connectivity index (χ3n) is 5.28. The van der Waals surface area contributed by atoms with Gasteiger partial charge in [0.1, 0.15) is 0 Å². The van der Waals surface area contributed by atoms with Gasteiger partial charge in [-0.05, 0) is 6.07 Å². The first kappa shape index (κ1) is 33.8. The van der Waals surface area contributed by atoms with E-state index >= 15 is 0 Å². The number of halogens is 17. The van der Waals surface area contributed by atoms with Crippen LogP contribution in [0, 0.1) is 0 Å². The van der Waals surface area contributed by atoms with Gasteiger partial charge >= 0.3 is 47.6 Å². The molecular weight excluding hydrogens is 581 g/mol. The summed E-state index contributed by atoms with van der Waals surface area (Å²) in [6.45, 7) is 0. The van der Waals surface area contributed by atoms with Crippen molar-refractivity contribution in [3.8, 4) is 0 Å². The van der Waals surface area contributed by atoms with Crippen LogP contribution in [0.4, 0.5) is 80.3 Å². The zero-order valence-corrected chi connectivity index (χ0v) is 18.9. The topological polar surface area (TPSA) is 12.5 Å². The first-order valence-corrected chi connectivity index (χ1v) is 9.60. The van der Waals surface area contributed by atoms with Gasteiger partial charge in [-0.15, -0.1) is 0 Å². The summed E-state index contributed by atoms with van der Waals surface area (Å²) >= 11 is 0. The average Bonchev–Trinajstić information content (AvgIpc) is 2.75. The van der Waals surface area contributed by atoms with Crippen LogP contribution < -0.4 is 4.90 Å². The molecule has 0 saturated carbocycles. The highest BCUT2D eigenvalue weighted by atomic mass is 19.4. The van der Waals surface area contributed by atoms with E-state index in [-0.39, 0.29) is 5.69 Å². The molecule has 2 nitrogen and oxygen atoms in total. The lowest BCUT2D eigenvalue weighted by Crippen LogP contribution is -2.74. The molecule has 0 spiro atoms. The quantitative estimate of drug-likeness (QED) is 0.241. The molecule has 222 valence electrons. The number of nitrogens with zero attached hydrogens (tertiary/aromatic N) is 1. The Hall–Kier alpha value is -2.21. The summed E-state index contributed by atoms with van der Waals surface area (Å²) < 4.78 is 233. The van der Waals surface area contributed by atoms with E-state index in [4.69, 9.17) is 0 Å². The van der Waals surface area contributed by atoms with E-state index in [0.717, 1.165) is 23.1 Å². The molecule has 1 aromatic rings. The van der Waals surface area contributed by atoms with Gasteiger partial charge in [-0.2, -0.15) is 74.6 Å². The molecule has 19 heteroatoms. The van der Waals surface area contributed by atoms with E-state index in [1.165, 1.54) is 20.2 Å². The standard InChI is InChI=1S/C19H16F17NO/c1-37(2)10-7-5-4-6-9(10)11(38-3)8-12(20,21)13(22,23)14(24,25)15(26,27)16(28,29)17(30,31)18(32,33)19(34,35)36/h4-7,11H,8H2,1-3H3. The predicted molar refractivity (Wildman–Crippen MR) is 95.8 cm³/mol. The van der Waals surface area contributed by atoms with E-state index in [1.807, 2.05) is 0 Å². The Morgan fingerprint density at radius 3 is 1.34 bits per heavy atom. The maximum Gasteiger partial charge on any atom is 0.460 e. The molecule has 0 aliphatic carbocycles. The van der Waals surface area contributed by atoms with Crippen LogP contribution in [0.15, 0.2) is 24.3 Å². The van der Waals surface area contributed by atoms with E-state index in [9.17, 15) is 74.6 Å². The van der Waals surface area contributed by atoms with Crippen molar-refractivity contribution in [2.24, 2.45) is 0 Å². The first-order valence-electron chi connectivity index (χ1n) is 9.60. The minimum atomic E-state index is -8.65. The van der Waals surface area contributed by atoms with Gasteiger partial charge in [0.15, 0.2) is 0 Å². The number of benzene rings is 1. The molecule has 0 fully saturated rings. The van der Waals surface area contributed by atoms with Crippen LogP contribution in [0.1, 0.15) is 18.1 Å². The molecule has 0 aliphatic rings. The molecule has 0 aliphatic heterocycles. The number of rotatable bonds is 11. The zero-order valence-electron chi connectivity index (χ0n) is 18.9. The Morgan fingerprint density at radius 2 is 0.974 bits per heavy atom. The van der Waals surface area contributed by atoms with Crippen LogP contribution in [0.3, 0.4) is 0 Å². The number of hydrogen-bond acceptors (Lipinski definition) is 2. The third-order valence-corrected chi connectivity index (χ3v) is 5.28. The lowest BCUT2D eigenvalue weighted by atomic mass is 9.87. The fourth-order valence-electron chi connectivity index (χ4n) is 3.04. The summed E-state index contributed by atoms with van der Waals surface area (Å²) in [5.74, 6) is -56.6. The summed E-state index contributed by atoms with van der Waals surface area (Å²) in [5, 5.41) is 0. The van der Waals surface area contributed by atoms with Crippen molar-refractivity contribution in [2.75, 3.05) is 26.1 Å². The smallest absolute Gasteiger partial charge is 0.377 e. The van der Waals surface area contributed by atoms with Crippen LogP contribution in [-0.2, 0) is 4.74 Å². The molecule has 0 aromatic heterocycles. The van der Waals surface area contributed by atoms with Crippen molar-refractivity contribution in [2.45, 2.75) is 60.2 Å². The van der Waals surface area contributed by atoms with Crippen LogP contribution in [0.2, 0.25) is 0 Å². The van der Waals surface area contributed by atoms with E-state index in [0.29, 0.717) is 7.11 Å². The summed E-state index contributed by atoms with van der Waals surface area (Å²) in [4.78, 5) is 1.16. The largest absolute Gasteiger partial charge is 0.460 e. The van der Waals surface area contributed by atoms with Crippen molar-refractivity contribution in [1.29, 1.82) is 0 Å². The molecule has 1 aromatic carbocycles. The third kappa shape index (κ3) is 4.82. The summed E-state index contributed by atoms with van der Waals surface area (Å²) in [7, 11) is 3.09. The average molecular weight is 597 g/mol. The maximum absolute atomic E-state index is 14.4. The maximum atomic E-state index is 14.4. The van der Waals surface area contributed by atoms with Crippen molar-refractivity contribution in [3.05, 3.63) is 29.8 Å². The Labute approximate surface area is 202 Å². The van der Waals surface area contributed by atoms with Crippen LogP contribution in [-0.4, -0.2) is 68.8 Å². The molecule has 0 saturated heterocycles. The molecule has 1 unspecified atom stereocenters. The van der Waals surface area contributed by atoms with Gasteiger partial charge in [-0.3, -0.25) is 0 Å². The number of alkyl halides is 17. The van der Waals surface area contributed by atoms with Gasteiger partial charge in [0.05, 0.1) is 6.10 Å². The van der Waals surface area contributed by atoms with Crippen LogP contribution in [0.5, 0.6) is 0 Å². The van der Waals surface area contributed by atoms with Gasteiger partial charge in [-0.1, -0.05) is 18.2 Å². The Bertz CT molecular complexity index is 970. The Morgan fingerprint density at radius 1 is 0.605 bits per heavy atom. The van der Waals surface area contributed by atoms with Gasteiger partial charge in [0.2, 0.25) is 0 Å². The fourth-order valence-corrected chi connectivity index (χ4v) is 3.04. The second kappa shape index (κ2) is 9.76. The van der Waals surface area contributed by atoms with Gasteiger partial charge < -0.3 is 9.64 Å². The molecule has 0 radical (unpaired) electrons. The lowest BCUT2D eigenvalue weighted by molar-refractivity contribution is -0.462. The summed E-state index contributed by atoms with van der Waals surface area (Å²) in [6, 6.07) is 4.44. The first-order chi connectivity index (χ1) is 16.6. The van der Waals surface area contributed by atoms with Gasteiger partial charge in [-0.25, -0.2) is 0 Å². The predicted octanol–water partition coefficient (Wildman–Crippen LogP) is 7.84. The van der Waals surface area contributed by atoms with Crippen LogP contribution >= 0.6 is 0 Å². The lowest BCUT2D eigenvalue weighted by Gasteiger charge is -2.43. The Balaban J connectivity index is 3.64. The number of para-hydroxylation sites is 1. The highest BCUT2D eigenvalue weighted by molar-refractivity contribution is 5.53. The molecule has 0 bridgehead atoms. The summed E-state index contributed by atoms with van der Waals surface area (Å²) in [6.07, 6.45) is -12.9. The van der Waals surface area contributed by atoms with E-state index < -0.39 is 65.7 Å². The number of methoxy groups -OCH3 is 1. The van der Waals surface area contributed by atoms with Gasteiger partial charge in [0.25, 0.3) is 0 Å². The minimum Gasteiger partial charge on any atom is -0.377 e. The highest BCUT2D eigenvalue weighted by Gasteiger charge is 2.95. The second-order valence-electron chi connectivity index (χ2n) is 8.03. The summed E-state index contributed by atoms with van der Waals surface area (Å²) in [5.41, 5.74) is -0.552. The molecule has 1 rings (SSSR count). The van der Waals surface area contributed by atoms with E-state index in [1.54, 1.807) is 0 Å². The second-order valence-corrected chi connectivity index (χ2v) is 8.03. The number of ether oxygens (including phenoxy) is 1. The highest BCUT2D eigenvalue weighted by Crippen LogP contribution is 2.64. The minimum absolute atomic E-state index is 0.0869. The fraction of sp³-hybridized carbons (Fsp3) is 0.684. The molecule has 0 N–H and O–H groups in total. The number of anilines is 1. The monoisotopic (exact) mass is 597 g/mol. The van der Waals surface area contributed by atoms with Crippen molar-refractivity contribution in [3.63, 3.8) is 0 Å². The van der Waals surface area contributed by atoms with Crippen LogP contribution in [0.25, 0.3) is 0 Å².